The van der Waals surface area contributed by atoms with Crippen molar-refractivity contribution in [3.63, 3.8) is 0 Å². The van der Waals surface area contributed by atoms with Gasteiger partial charge in [0.15, 0.2) is 11.5 Å². The van der Waals surface area contributed by atoms with Gasteiger partial charge in [-0.2, -0.15) is 13.2 Å². The molecule has 0 radical (unpaired) electrons. The van der Waals surface area contributed by atoms with Gasteiger partial charge in [-0.15, -0.1) is 10.2 Å². The molecular formula is C26H29F3N6O2. The first-order valence-electron chi connectivity index (χ1n) is 12.0. The molecule has 0 unspecified atom stereocenters. The predicted octanol–water partition coefficient (Wildman–Crippen LogP) is 4.12. The molecule has 11 heteroatoms. The van der Waals surface area contributed by atoms with Crippen LogP contribution in [0, 0.1) is 0 Å². The molecule has 8 nitrogen and oxygen atoms in total. The minimum absolute atomic E-state index is 0.0850. The van der Waals surface area contributed by atoms with Crippen LogP contribution in [0.25, 0.3) is 28.1 Å². The minimum atomic E-state index is -4.48. The number of pyridine rings is 2. The summed E-state index contributed by atoms with van der Waals surface area (Å²) in [5, 5.41) is 19.1. The molecule has 37 heavy (non-hydrogen) atoms. The molecule has 3 N–H and O–H groups in total. The van der Waals surface area contributed by atoms with Gasteiger partial charge in [-0.3, -0.25) is 9.30 Å². The highest BCUT2D eigenvalue weighted by molar-refractivity contribution is 5.82. The Hall–Kier alpha value is -3.28. The number of likely N-dealkylation sites (tertiary alicyclic amines) is 1. The fourth-order valence-corrected chi connectivity index (χ4v) is 4.66. The van der Waals surface area contributed by atoms with Crippen molar-refractivity contribution < 1.29 is 23.0 Å². The number of rotatable bonds is 6. The van der Waals surface area contributed by atoms with E-state index in [-0.39, 0.29) is 25.3 Å². The zero-order valence-electron chi connectivity index (χ0n) is 20.8. The number of benzene rings is 1. The van der Waals surface area contributed by atoms with Crippen LogP contribution in [0.5, 0.6) is 5.75 Å². The van der Waals surface area contributed by atoms with Crippen LogP contribution >= 0.6 is 0 Å². The van der Waals surface area contributed by atoms with Crippen molar-refractivity contribution in [1.29, 1.82) is 0 Å². The Kier molecular flexibility index (Phi) is 6.12. The summed E-state index contributed by atoms with van der Waals surface area (Å²) in [6, 6.07) is 10.2. The van der Waals surface area contributed by atoms with Crippen molar-refractivity contribution in [2.45, 2.75) is 50.6 Å². The number of nitrogens with two attached hydrogens (primary N) is 1. The molecule has 0 amide bonds. The SMILES string of the molecule is CC(C)(O)COc1ccc2ccc(-c3nnc4ccc([C@H](N5CC[C@](C)(N)C5)C(F)(F)F)cn34)nc2c1. The molecule has 1 aliphatic heterocycles. The Morgan fingerprint density at radius 3 is 2.57 bits per heavy atom. The van der Waals surface area contributed by atoms with Crippen LogP contribution in [0.2, 0.25) is 0 Å². The Balaban J connectivity index is 1.52. The van der Waals surface area contributed by atoms with Crippen LogP contribution in [0.4, 0.5) is 13.2 Å². The number of nitrogens with zero attached hydrogens (tertiary/aromatic N) is 5. The van der Waals surface area contributed by atoms with Crippen LogP contribution in [-0.2, 0) is 0 Å². The molecule has 5 rings (SSSR count). The van der Waals surface area contributed by atoms with Crippen LogP contribution in [0.3, 0.4) is 0 Å². The molecule has 4 heterocycles. The van der Waals surface area contributed by atoms with Gasteiger partial charge in [0.1, 0.15) is 24.1 Å². The van der Waals surface area contributed by atoms with Crippen molar-refractivity contribution >= 4 is 16.6 Å². The highest BCUT2D eigenvalue weighted by Crippen LogP contribution is 2.41. The number of hydrogen-bond acceptors (Lipinski definition) is 7. The highest BCUT2D eigenvalue weighted by atomic mass is 19.4. The van der Waals surface area contributed by atoms with Gasteiger partial charge < -0.3 is 15.6 Å². The number of fused-ring (bicyclic) bond motifs is 2. The molecule has 0 aliphatic carbocycles. The fraction of sp³-hybridized carbons (Fsp3) is 0.423. The standard InChI is InChI=1S/C26H29F3N6O2/c1-24(2,36)15-37-18-7-4-16-5-8-19(31-20(16)12-18)23-33-32-21-9-6-17(13-35(21)23)22(26(27,28)29)34-11-10-25(3,30)14-34/h4-9,12-13,22,36H,10-11,14-15,30H2,1-3H3/t22-,25-/m0/s1. The van der Waals surface area contributed by atoms with E-state index in [4.69, 9.17) is 10.5 Å². The van der Waals surface area contributed by atoms with Crippen LogP contribution < -0.4 is 10.5 Å². The zero-order valence-corrected chi connectivity index (χ0v) is 20.8. The summed E-state index contributed by atoms with van der Waals surface area (Å²) in [7, 11) is 0. The average molecular weight is 515 g/mol. The van der Waals surface area contributed by atoms with Gasteiger partial charge in [-0.1, -0.05) is 12.1 Å². The summed E-state index contributed by atoms with van der Waals surface area (Å²) in [5.41, 5.74) is 6.04. The second-order valence-corrected chi connectivity index (χ2v) is 10.7. The van der Waals surface area contributed by atoms with E-state index in [1.54, 1.807) is 39.0 Å². The van der Waals surface area contributed by atoms with Gasteiger partial charge in [0.05, 0.1) is 11.1 Å². The summed E-state index contributed by atoms with van der Waals surface area (Å²) < 4.78 is 49.9. The molecule has 4 aromatic rings. The predicted molar refractivity (Wildman–Crippen MR) is 133 cm³/mol. The molecule has 0 spiro atoms. The van der Waals surface area contributed by atoms with Gasteiger partial charge in [-0.05, 0) is 57.0 Å². The Morgan fingerprint density at radius 1 is 1.14 bits per heavy atom. The lowest BCUT2D eigenvalue weighted by atomic mass is 10.0. The van der Waals surface area contributed by atoms with E-state index in [2.05, 4.69) is 15.2 Å². The number of aromatic nitrogens is 4. The lowest BCUT2D eigenvalue weighted by molar-refractivity contribution is -0.184. The third-order valence-electron chi connectivity index (χ3n) is 6.44. The average Bonchev–Trinajstić information content (AvgIpc) is 3.38. The third-order valence-corrected chi connectivity index (χ3v) is 6.44. The molecule has 196 valence electrons. The number of ether oxygens (including phenoxy) is 1. The summed E-state index contributed by atoms with van der Waals surface area (Å²) >= 11 is 0. The smallest absolute Gasteiger partial charge is 0.408 e. The maximum atomic E-state index is 14.2. The van der Waals surface area contributed by atoms with Gasteiger partial charge in [0.25, 0.3) is 0 Å². The molecule has 1 fully saturated rings. The maximum absolute atomic E-state index is 14.2. The summed E-state index contributed by atoms with van der Waals surface area (Å²) in [5.74, 6) is 0.866. The highest BCUT2D eigenvalue weighted by Gasteiger charge is 2.48. The molecule has 1 aliphatic rings. The van der Waals surface area contributed by atoms with Crippen molar-refractivity contribution in [3.8, 4) is 17.3 Å². The minimum Gasteiger partial charge on any atom is -0.491 e. The van der Waals surface area contributed by atoms with E-state index in [0.717, 1.165) is 5.39 Å². The van der Waals surface area contributed by atoms with Crippen molar-refractivity contribution in [2.24, 2.45) is 5.73 Å². The van der Waals surface area contributed by atoms with Gasteiger partial charge >= 0.3 is 6.18 Å². The zero-order chi connectivity index (χ0) is 26.6. The Bertz CT molecular complexity index is 1440. The second-order valence-electron chi connectivity index (χ2n) is 10.7. The van der Waals surface area contributed by atoms with Gasteiger partial charge in [0.2, 0.25) is 0 Å². The molecule has 0 bridgehead atoms. The Morgan fingerprint density at radius 2 is 1.89 bits per heavy atom. The molecular weight excluding hydrogens is 485 g/mol. The molecule has 1 aromatic carbocycles. The van der Waals surface area contributed by atoms with E-state index >= 15 is 0 Å². The van der Waals surface area contributed by atoms with E-state index in [1.165, 1.54) is 27.6 Å². The molecule has 1 saturated heterocycles. The molecule has 3 aromatic heterocycles. The van der Waals surface area contributed by atoms with Crippen molar-refractivity contribution in [1.82, 2.24) is 24.5 Å². The number of hydrogen-bond donors (Lipinski definition) is 2. The lowest BCUT2D eigenvalue weighted by Gasteiger charge is -2.31. The lowest BCUT2D eigenvalue weighted by Crippen LogP contribution is -2.43. The molecule has 2 atom stereocenters. The van der Waals surface area contributed by atoms with E-state index in [0.29, 0.717) is 34.9 Å². The van der Waals surface area contributed by atoms with Gasteiger partial charge in [-0.25, -0.2) is 4.98 Å². The first-order chi connectivity index (χ1) is 17.3. The summed E-state index contributed by atoms with van der Waals surface area (Å²) in [6.45, 7) is 5.58. The normalized spacial score (nSPS) is 20.1. The quantitative estimate of drug-likeness (QED) is 0.399. The van der Waals surface area contributed by atoms with Crippen LogP contribution in [0.15, 0.2) is 48.7 Å². The first-order valence-corrected chi connectivity index (χ1v) is 12.0. The monoisotopic (exact) mass is 514 g/mol. The number of alkyl halides is 3. The number of aliphatic hydroxyl groups is 1. The first kappa shape index (κ1) is 25.4. The molecule has 0 saturated carbocycles. The number of halogens is 3. The van der Waals surface area contributed by atoms with Crippen LogP contribution in [-0.4, -0.2) is 66.6 Å². The summed E-state index contributed by atoms with van der Waals surface area (Å²) in [4.78, 5) is 6.06. The second kappa shape index (κ2) is 8.93. The Labute approximate surface area is 211 Å². The van der Waals surface area contributed by atoms with E-state index in [1.807, 2.05) is 12.1 Å². The third kappa shape index (κ3) is 5.39. The van der Waals surface area contributed by atoms with Crippen LogP contribution in [0.1, 0.15) is 38.8 Å². The fourth-order valence-electron chi connectivity index (χ4n) is 4.66. The van der Waals surface area contributed by atoms with Crippen molar-refractivity contribution in [2.75, 3.05) is 19.7 Å². The maximum Gasteiger partial charge on any atom is 0.408 e. The summed E-state index contributed by atoms with van der Waals surface area (Å²) in [6.07, 6.45) is -2.56. The largest absolute Gasteiger partial charge is 0.491 e. The van der Waals surface area contributed by atoms with E-state index in [9.17, 15) is 18.3 Å². The van der Waals surface area contributed by atoms with Crippen molar-refractivity contribution in [3.05, 3.63) is 54.2 Å². The topological polar surface area (TPSA) is 102 Å². The van der Waals surface area contributed by atoms with Gasteiger partial charge in [0, 0.05) is 36.3 Å². The van der Waals surface area contributed by atoms with E-state index < -0.39 is 23.4 Å².